The van der Waals surface area contributed by atoms with Gasteiger partial charge in [-0.3, -0.25) is 9.59 Å². The van der Waals surface area contributed by atoms with E-state index in [4.69, 9.17) is 10.5 Å². The molecule has 0 aromatic carbocycles. The van der Waals surface area contributed by atoms with Gasteiger partial charge < -0.3 is 20.7 Å². The minimum Gasteiger partial charge on any atom is -0.377 e. The van der Waals surface area contributed by atoms with Crippen LogP contribution >= 0.6 is 11.3 Å². The lowest BCUT2D eigenvalue weighted by Crippen LogP contribution is -2.56. The number of carbonyl (C=O) groups excluding carboxylic acids is 2. The van der Waals surface area contributed by atoms with E-state index in [-0.39, 0.29) is 24.5 Å². The summed E-state index contributed by atoms with van der Waals surface area (Å²) < 4.78 is 5.33. The van der Waals surface area contributed by atoms with Crippen molar-refractivity contribution in [2.45, 2.75) is 32.5 Å². The Hall–Kier alpha value is -1.51. The van der Waals surface area contributed by atoms with Crippen molar-refractivity contribution in [3.8, 4) is 0 Å². The molecule has 0 aliphatic carbocycles. The first kappa shape index (κ1) is 15.9. The van der Waals surface area contributed by atoms with Crippen LogP contribution in [0.25, 0.3) is 0 Å². The molecule has 116 valence electrons. The molecular weight excluding hydrogens is 292 g/mol. The van der Waals surface area contributed by atoms with Gasteiger partial charge in [0.25, 0.3) is 5.91 Å². The van der Waals surface area contributed by atoms with Crippen LogP contribution in [-0.2, 0) is 16.1 Å². The summed E-state index contributed by atoms with van der Waals surface area (Å²) in [5.41, 5.74) is 5.85. The van der Waals surface area contributed by atoms with Gasteiger partial charge in [0.05, 0.1) is 13.2 Å². The maximum atomic E-state index is 12.5. The van der Waals surface area contributed by atoms with E-state index in [1.54, 1.807) is 5.38 Å². The van der Waals surface area contributed by atoms with Crippen LogP contribution in [-0.4, -0.2) is 53.5 Å². The highest BCUT2D eigenvalue weighted by Crippen LogP contribution is 2.15. The second-order valence-corrected chi connectivity index (χ2v) is 6.03. The number of morpholine rings is 1. The molecule has 1 saturated heterocycles. The number of carbonyl (C=O) groups is 2. The summed E-state index contributed by atoms with van der Waals surface area (Å²) in [6, 6.07) is -0.601. The average molecular weight is 312 g/mol. The van der Waals surface area contributed by atoms with E-state index < -0.39 is 6.04 Å². The SMILES string of the molecule is CC(C)NC(=O)C1COCCN1C(=O)c1csc(CN)n1. The number of hydrogen-bond donors (Lipinski definition) is 2. The van der Waals surface area contributed by atoms with Crippen molar-refractivity contribution in [3.63, 3.8) is 0 Å². The molecule has 0 saturated carbocycles. The molecule has 3 N–H and O–H groups in total. The number of nitrogens with one attached hydrogen (secondary N) is 1. The van der Waals surface area contributed by atoms with Crippen molar-refractivity contribution < 1.29 is 14.3 Å². The third-order valence-corrected chi connectivity index (χ3v) is 3.94. The Balaban J connectivity index is 2.14. The molecule has 0 spiro atoms. The third-order valence-electron chi connectivity index (χ3n) is 3.07. The Kier molecular flexibility index (Phi) is 5.27. The molecule has 2 heterocycles. The summed E-state index contributed by atoms with van der Waals surface area (Å²) in [5.74, 6) is -0.453. The first-order chi connectivity index (χ1) is 10.0. The predicted molar refractivity (Wildman–Crippen MR) is 78.9 cm³/mol. The smallest absolute Gasteiger partial charge is 0.274 e. The standard InChI is InChI=1S/C13H20N4O3S/c1-8(2)15-12(18)10-6-20-4-3-17(10)13(19)9-7-21-11(5-14)16-9/h7-8,10H,3-6,14H2,1-2H3,(H,15,18). The molecule has 1 atom stereocenters. The van der Waals surface area contributed by atoms with E-state index in [1.165, 1.54) is 16.2 Å². The molecule has 1 aromatic rings. The van der Waals surface area contributed by atoms with E-state index in [1.807, 2.05) is 13.8 Å². The Morgan fingerprint density at radius 2 is 2.38 bits per heavy atom. The molecule has 1 aliphatic heterocycles. The number of thiazole rings is 1. The zero-order valence-corrected chi connectivity index (χ0v) is 13.0. The summed E-state index contributed by atoms with van der Waals surface area (Å²) in [5, 5.41) is 5.20. The predicted octanol–water partition coefficient (Wildman–Crippen LogP) is -0.0326. The molecule has 1 aliphatic rings. The van der Waals surface area contributed by atoms with E-state index in [9.17, 15) is 9.59 Å². The monoisotopic (exact) mass is 312 g/mol. The maximum absolute atomic E-state index is 12.5. The number of amides is 2. The molecule has 0 bridgehead atoms. The molecule has 1 unspecified atom stereocenters. The molecule has 1 fully saturated rings. The van der Waals surface area contributed by atoms with Crippen molar-refractivity contribution in [1.29, 1.82) is 0 Å². The van der Waals surface area contributed by atoms with Gasteiger partial charge >= 0.3 is 0 Å². The van der Waals surface area contributed by atoms with Crippen LogP contribution < -0.4 is 11.1 Å². The molecule has 2 rings (SSSR count). The van der Waals surface area contributed by atoms with Gasteiger partial charge in [0.15, 0.2) is 0 Å². The number of rotatable bonds is 4. The van der Waals surface area contributed by atoms with Gasteiger partial charge in [-0.2, -0.15) is 0 Å². The topological polar surface area (TPSA) is 97.5 Å². The zero-order chi connectivity index (χ0) is 15.4. The highest BCUT2D eigenvalue weighted by Gasteiger charge is 2.34. The fraction of sp³-hybridized carbons (Fsp3) is 0.615. The Morgan fingerprint density at radius 1 is 1.62 bits per heavy atom. The fourth-order valence-electron chi connectivity index (χ4n) is 2.09. The molecule has 7 nitrogen and oxygen atoms in total. The van der Waals surface area contributed by atoms with Gasteiger partial charge in [-0.05, 0) is 13.8 Å². The van der Waals surface area contributed by atoms with E-state index in [0.29, 0.717) is 30.4 Å². The summed E-state index contributed by atoms with van der Waals surface area (Å²) >= 11 is 1.35. The van der Waals surface area contributed by atoms with Crippen LogP contribution in [0.5, 0.6) is 0 Å². The van der Waals surface area contributed by atoms with E-state index in [2.05, 4.69) is 10.3 Å². The fourth-order valence-corrected chi connectivity index (χ4v) is 2.74. The maximum Gasteiger partial charge on any atom is 0.274 e. The molecule has 8 heteroatoms. The van der Waals surface area contributed by atoms with Crippen LogP contribution in [0.2, 0.25) is 0 Å². The number of nitrogens with two attached hydrogens (primary N) is 1. The largest absolute Gasteiger partial charge is 0.377 e. The van der Waals surface area contributed by atoms with Gasteiger partial charge in [-0.25, -0.2) is 4.98 Å². The Bertz CT molecular complexity index is 517. The first-order valence-corrected chi connectivity index (χ1v) is 7.74. The molecular formula is C13H20N4O3S. The molecule has 0 radical (unpaired) electrons. The van der Waals surface area contributed by atoms with Crippen molar-refractivity contribution in [3.05, 3.63) is 16.1 Å². The van der Waals surface area contributed by atoms with Crippen LogP contribution in [0, 0.1) is 0 Å². The average Bonchev–Trinajstić information content (AvgIpc) is 2.94. The lowest BCUT2D eigenvalue weighted by Gasteiger charge is -2.34. The minimum absolute atomic E-state index is 0.0134. The Labute approximate surface area is 127 Å². The van der Waals surface area contributed by atoms with E-state index >= 15 is 0 Å². The number of nitrogens with zero attached hydrogens (tertiary/aromatic N) is 2. The van der Waals surface area contributed by atoms with Gasteiger partial charge in [0.1, 0.15) is 16.7 Å². The van der Waals surface area contributed by atoms with Crippen LogP contribution in [0.4, 0.5) is 0 Å². The van der Waals surface area contributed by atoms with Crippen LogP contribution in [0.3, 0.4) is 0 Å². The number of ether oxygens (including phenoxy) is 1. The summed E-state index contributed by atoms with van der Waals surface area (Å²) in [6.07, 6.45) is 0. The molecule has 2 amide bonds. The first-order valence-electron chi connectivity index (χ1n) is 6.86. The number of hydrogen-bond acceptors (Lipinski definition) is 6. The summed E-state index contributed by atoms with van der Waals surface area (Å²) in [4.78, 5) is 30.4. The van der Waals surface area contributed by atoms with Crippen molar-refractivity contribution in [2.75, 3.05) is 19.8 Å². The highest BCUT2D eigenvalue weighted by atomic mass is 32.1. The molecule has 21 heavy (non-hydrogen) atoms. The summed E-state index contributed by atoms with van der Waals surface area (Å²) in [6.45, 7) is 5.06. The Morgan fingerprint density at radius 3 is 3.00 bits per heavy atom. The lowest BCUT2D eigenvalue weighted by molar-refractivity contribution is -0.131. The quantitative estimate of drug-likeness (QED) is 0.813. The molecule has 1 aromatic heterocycles. The van der Waals surface area contributed by atoms with Gasteiger partial charge in [-0.15, -0.1) is 11.3 Å². The van der Waals surface area contributed by atoms with E-state index in [0.717, 1.165) is 0 Å². The second-order valence-electron chi connectivity index (χ2n) is 5.08. The normalized spacial score (nSPS) is 18.9. The van der Waals surface area contributed by atoms with Crippen molar-refractivity contribution in [1.82, 2.24) is 15.2 Å². The highest BCUT2D eigenvalue weighted by molar-refractivity contribution is 7.09. The zero-order valence-electron chi connectivity index (χ0n) is 12.2. The van der Waals surface area contributed by atoms with Crippen molar-refractivity contribution >= 4 is 23.2 Å². The number of aromatic nitrogens is 1. The van der Waals surface area contributed by atoms with Crippen LogP contribution in [0.15, 0.2) is 5.38 Å². The van der Waals surface area contributed by atoms with Crippen molar-refractivity contribution in [2.24, 2.45) is 5.73 Å². The van der Waals surface area contributed by atoms with Gasteiger partial charge in [0, 0.05) is 24.5 Å². The summed E-state index contributed by atoms with van der Waals surface area (Å²) in [7, 11) is 0. The lowest BCUT2D eigenvalue weighted by atomic mass is 10.2. The minimum atomic E-state index is -0.614. The second kappa shape index (κ2) is 6.97. The van der Waals surface area contributed by atoms with Gasteiger partial charge in [-0.1, -0.05) is 0 Å². The van der Waals surface area contributed by atoms with Gasteiger partial charge in [0.2, 0.25) is 5.91 Å². The third kappa shape index (κ3) is 3.78. The van der Waals surface area contributed by atoms with Crippen LogP contribution in [0.1, 0.15) is 29.3 Å².